The minimum atomic E-state index is -0.884. The van der Waals surface area contributed by atoms with Crippen molar-refractivity contribution in [1.29, 1.82) is 0 Å². The third-order valence-electron chi connectivity index (χ3n) is 5.71. The van der Waals surface area contributed by atoms with Gasteiger partial charge in [-0.15, -0.1) is 0 Å². The Morgan fingerprint density at radius 3 is 2.83 bits per heavy atom. The van der Waals surface area contributed by atoms with Gasteiger partial charge in [-0.1, -0.05) is 18.6 Å². The topological polar surface area (TPSA) is 75.6 Å². The first-order chi connectivity index (χ1) is 11.5. The summed E-state index contributed by atoms with van der Waals surface area (Å²) in [4.78, 5) is 23.7. The Hall–Kier alpha value is -2.04. The number of hydrogen-bond acceptors (Lipinski definition) is 3. The molecule has 3 rings (SSSR count). The van der Waals surface area contributed by atoms with E-state index in [9.17, 15) is 9.59 Å². The van der Waals surface area contributed by atoms with E-state index in [0.29, 0.717) is 18.3 Å². The Labute approximate surface area is 142 Å². The highest BCUT2D eigenvalue weighted by Gasteiger charge is 2.55. The average molecular weight is 331 g/mol. The highest BCUT2D eigenvalue weighted by molar-refractivity contribution is 5.84. The van der Waals surface area contributed by atoms with Crippen LogP contribution in [-0.2, 0) is 16.0 Å². The molecule has 1 aromatic carbocycles. The molecule has 5 heteroatoms. The second kappa shape index (κ2) is 6.83. The largest absolute Gasteiger partial charge is 0.497 e. The van der Waals surface area contributed by atoms with Crippen LogP contribution < -0.4 is 10.1 Å². The Morgan fingerprint density at radius 2 is 2.21 bits per heavy atom. The fraction of sp³-hybridized carbons (Fsp3) is 0.579. The van der Waals surface area contributed by atoms with Crippen LogP contribution in [0.5, 0.6) is 5.75 Å². The lowest BCUT2D eigenvalue weighted by Gasteiger charge is -2.36. The number of ether oxygens (including phenoxy) is 1. The zero-order chi connectivity index (χ0) is 17.2. The van der Waals surface area contributed by atoms with Crippen LogP contribution in [0.1, 0.15) is 37.7 Å². The van der Waals surface area contributed by atoms with E-state index in [0.717, 1.165) is 30.6 Å². The predicted molar refractivity (Wildman–Crippen MR) is 89.8 cm³/mol. The molecule has 0 radical (unpaired) electrons. The van der Waals surface area contributed by atoms with Crippen molar-refractivity contribution in [3.63, 3.8) is 0 Å². The number of fused-ring (bicyclic) bond motifs is 2. The van der Waals surface area contributed by atoms with Crippen LogP contribution in [0, 0.1) is 17.3 Å². The lowest BCUT2D eigenvalue weighted by Crippen LogP contribution is -2.46. The third-order valence-corrected chi connectivity index (χ3v) is 5.71. The zero-order valence-corrected chi connectivity index (χ0v) is 14.1. The summed E-state index contributed by atoms with van der Waals surface area (Å²) in [6.45, 7) is 0.200. The number of nitrogens with one attached hydrogen (secondary N) is 1. The molecule has 3 unspecified atom stereocenters. The van der Waals surface area contributed by atoms with Crippen LogP contribution in [0.2, 0.25) is 0 Å². The lowest BCUT2D eigenvalue weighted by molar-refractivity contribution is -0.137. The molecule has 0 spiro atoms. The number of rotatable bonds is 7. The maximum atomic E-state index is 13.0. The summed E-state index contributed by atoms with van der Waals surface area (Å²) < 4.78 is 5.30. The first-order valence-corrected chi connectivity index (χ1v) is 8.66. The molecule has 0 aromatic heterocycles. The van der Waals surface area contributed by atoms with Gasteiger partial charge in [0.1, 0.15) is 5.75 Å². The van der Waals surface area contributed by atoms with Gasteiger partial charge in [0.2, 0.25) is 5.91 Å². The molecule has 0 saturated heterocycles. The molecule has 1 amide bonds. The SMILES string of the molecule is COc1cccc(CC2(C(=O)NCCC(=O)O)CC3CCC2C3)c1. The minimum Gasteiger partial charge on any atom is -0.497 e. The Kier molecular flexibility index (Phi) is 4.78. The first kappa shape index (κ1) is 16.8. The average Bonchev–Trinajstić information content (AvgIpc) is 3.16. The number of aliphatic carboxylic acids is 1. The molecule has 130 valence electrons. The smallest absolute Gasteiger partial charge is 0.305 e. The quantitative estimate of drug-likeness (QED) is 0.805. The van der Waals surface area contributed by atoms with Gasteiger partial charge in [-0.05, 0) is 55.2 Å². The molecule has 5 nitrogen and oxygen atoms in total. The van der Waals surface area contributed by atoms with E-state index in [4.69, 9.17) is 9.84 Å². The second-order valence-electron chi connectivity index (χ2n) is 7.16. The maximum Gasteiger partial charge on any atom is 0.305 e. The van der Waals surface area contributed by atoms with Gasteiger partial charge in [-0.25, -0.2) is 0 Å². The van der Waals surface area contributed by atoms with Gasteiger partial charge in [0, 0.05) is 6.54 Å². The van der Waals surface area contributed by atoms with Crippen LogP contribution in [0.3, 0.4) is 0 Å². The monoisotopic (exact) mass is 331 g/mol. The van der Waals surface area contributed by atoms with Crippen LogP contribution >= 0.6 is 0 Å². The van der Waals surface area contributed by atoms with Gasteiger partial charge in [-0.2, -0.15) is 0 Å². The fourth-order valence-electron chi connectivity index (χ4n) is 4.62. The number of benzene rings is 1. The Morgan fingerprint density at radius 1 is 1.38 bits per heavy atom. The molecule has 2 aliphatic carbocycles. The molecule has 2 fully saturated rings. The molecule has 24 heavy (non-hydrogen) atoms. The summed E-state index contributed by atoms with van der Waals surface area (Å²) in [5, 5.41) is 11.7. The standard InChI is InChI=1S/C19H25NO4/c1-24-16-4-2-3-13(10-16)11-19(12-14-5-6-15(19)9-14)18(23)20-8-7-17(21)22/h2-4,10,14-15H,5-9,11-12H2,1H3,(H,20,23)(H,21,22). The van der Waals surface area contributed by atoms with Gasteiger partial charge in [0.05, 0.1) is 18.9 Å². The van der Waals surface area contributed by atoms with Gasteiger partial charge < -0.3 is 15.2 Å². The van der Waals surface area contributed by atoms with Crippen molar-refractivity contribution >= 4 is 11.9 Å². The number of carbonyl (C=O) groups is 2. The van der Waals surface area contributed by atoms with E-state index in [2.05, 4.69) is 5.32 Å². The van der Waals surface area contributed by atoms with E-state index in [1.54, 1.807) is 7.11 Å². The molecule has 0 heterocycles. The number of carboxylic acid groups (broad SMARTS) is 1. The number of amides is 1. The second-order valence-corrected chi connectivity index (χ2v) is 7.16. The number of hydrogen-bond donors (Lipinski definition) is 2. The van der Waals surface area contributed by atoms with E-state index < -0.39 is 11.4 Å². The van der Waals surface area contributed by atoms with E-state index in [-0.39, 0.29) is 18.9 Å². The normalized spacial score (nSPS) is 27.9. The van der Waals surface area contributed by atoms with Crippen molar-refractivity contribution in [2.24, 2.45) is 17.3 Å². The number of carboxylic acids is 1. The van der Waals surface area contributed by atoms with Gasteiger partial charge >= 0.3 is 5.97 Å². The summed E-state index contributed by atoms with van der Waals surface area (Å²) in [6.07, 6.45) is 5.01. The van der Waals surface area contributed by atoms with Crippen LogP contribution in [0.4, 0.5) is 0 Å². The van der Waals surface area contributed by atoms with E-state index in [1.165, 1.54) is 6.42 Å². The van der Waals surface area contributed by atoms with Crippen molar-refractivity contribution in [1.82, 2.24) is 5.32 Å². The summed E-state index contributed by atoms with van der Waals surface area (Å²) in [5.74, 6) is 0.977. The summed E-state index contributed by atoms with van der Waals surface area (Å²) >= 11 is 0. The van der Waals surface area contributed by atoms with Gasteiger partial charge in [0.15, 0.2) is 0 Å². The molecule has 3 atom stereocenters. The van der Waals surface area contributed by atoms with Crippen LogP contribution in [-0.4, -0.2) is 30.6 Å². The van der Waals surface area contributed by atoms with Crippen LogP contribution in [0.25, 0.3) is 0 Å². The van der Waals surface area contributed by atoms with E-state index >= 15 is 0 Å². The summed E-state index contributed by atoms with van der Waals surface area (Å²) in [5.41, 5.74) is 0.712. The fourth-order valence-corrected chi connectivity index (χ4v) is 4.62. The highest BCUT2D eigenvalue weighted by Crippen LogP contribution is 2.57. The van der Waals surface area contributed by atoms with Gasteiger partial charge in [0.25, 0.3) is 0 Å². The zero-order valence-electron chi connectivity index (χ0n) is 14.1. The molecule has 2 bridgehead atoms. The van der Waals surface area contributed by atoms with Crippen LogP contribution in [0.15, 0.2) is 24.3 Å². The number of carbonyl (C=O) groups excluding carboxylic acids is 1. The van der Waals surface area contributed by atoms with Crippen molar-refractivity contribution < 1.29 is 19.4 Å². The molecular weight excluding hydrogens is 306 g/mol. The minimum absolute atomic E-state index is 0.0266. The third kappa shape index (κ3) is 3.25. The molecular formula is C19H25NO4. The number of methoxy groups -OCH3 is 1. The maximum absolute atomic E-state index is 13.0. The molecule has 0 aliphatic heterocycles. The predicted octanol–water partition coefficient (Wildman–Crippen LogP) is 2.64. The van der Waals surface area contributed by atoms with Crippen molar-refractivity contribution in [2.45, 2.75) is 38.5 Å². The van der Waals surface area contributed by atoms with Gasteiger partial charge in [-0.3, -0.25) is 9.59 Å². The highest BCUT2D eigenvalue weighted by atomic mass is 16.5. The Bertz CT molecular complexity index is 630. The molecule has 2 N–H and O–H groups in total. The molecule has 1 aromatic rings. The lowest BCUT2D eigenvalue weighted by atomic mass is 9.68. The molecule has 2 saturated carbocycles. The van der Waals surface area contributed by atoms with Crippen molar-refractivity contribution in [2.75, 3.05) is 13.7 Å². The first-order valence-electron chi connectivity index (χ1n) is 8.66. The summed E-state index contributed by atoms with van der Waals surface area (Å²) in [7, 11) is 1.64. The summed E-state index contributed by atoms with van der Waals surface area (Å²) in [6, 6.07) is 7.90. The van der Waals surface area contributed by atoms with Crippen molar-refractivity contribution in [3.05, 3.63) is 29.8 Å². The van der Waals surface area contributed by atoms with Crippen molar-refractivity contribution in [3.8, 4) is 5.75 Å². The Balaban J connectivity index is 1.78. The van der Waals surface area contributed by atoms with E-state index in [1.807, 2.05) is 24.3 Å². The molecule has 2 aliphatic rings.